The highest BCUT2D eigenvalue weighted by Gasteiger charge is 2.20. The summed E-state index contributed by atoms with van der Waals surface area (Å²) in [6.45, 7) is 3.95. The molecule has 1 fully saturated rings. The molecule has 1 amide bonds. The van der Waals surface area contributed by atoms with Crippen molar-refractivity contribution in [1.82, 2.24) is 20.0 Å². The normalized spacial score (nSPS) is 15.4. The minimum Gasteiger partial charge on any atom is -0.352 e. The van der Waals surface area contributed by atoms with E-state index >= 15 is 0 Å². The molecule has 2 aromatic carbocycles. The molecule has 0 spiro atoms. The van der Waals surface area contributed by atoms with Crippen LogP contribution in [0.5, 0.6) is 0 Å². The van der Waals surface area contributed by atoms with Crippen molar-refractivity contribution >= 4 is 5.91 Å². The lowest BCUT2D eigenvalue weighted by Crippen LogP contribution is -2.38. The van der Waals surface area contributed by atoms with Crippen LogP contribution in [0, 0.1) is 5.92 Å². The molecule has 4 rings (SSSR count). The van der Waals surface area contributed by atoms with Crippen LogP contribution in [0.15, 0.2) is 73.1 Å². The second kappa shape index (κ2) is 8.85. The van der Waals surface area contributed by atoms with Crippen molar-refractivity contribution in [2.24, 2.45) is 5.92 Å². The van der Waals surface area contributed by atoms with Crippen LogP contribution in [0.1, 0.15) is 28.8 Å². The molecule has 0 atom stereocenters. The average molecular weight is 374 g/mol. The number of carbonyl (C=O) groups is 1. The monoisotopic (exact) mass is 374 g/mol. The Labute approximate surface area is 166 Å². The van der Waals surface area contributed by atoms with Gasteiger partial charge in [0.15, 0.2) is 0 Å². The van der Waals surface area contributed by atoms with Gasteiger partial charge in [0.25, 0.3) is 5.91 Å². The Kier molecular flexibility index (Phi) is 5.83. The summed E-state index contributed by atoms with van der Waals surface area (Å²) in [4.78, 5) is 14.9. The average Bonchev–Trinajstić information content (AvgIpc) is 3.29. The molecule has 1 aliphatic heterocycles. The van der Waals surface area contributed by atoms with E-state index in [0.29, 0.717) is 11.5 Å². The van der Waals surface area contributed by atoms with E-state index in [2.05, 4.69) is 45.6 Å². The molecule has 0 radical (unpaired) electrons. The first-order chi connectivity index (χ1) is 13.8. The predicted molar refractivity (Wildman–Crippen MR) is 110 cm³/mol. The van der Waals surface area contributed by atoms with Gasteiger partial charge < -0.3 is 5.32 Å². The van der Waals surface area contributed by atoms with Crippen molar-refractivity contribution in [2.75, 3.05) is 19.6 Å². The molecule has 2 heterocycles. The zero-order chi connectivity index (χ0) is 19.2. The molecule has 5 nitrogen and oxygen atoms in total. The van der Waals surface area contributed by atoms with Gasteiger partial charge in [0.2, 0.25) is 0 Å². The van der Waals surface area contributed by atoms with Crippen molar-refractivity contribution in [3.63, 3.8) is 0 Å². The summed E-state index contributed by atoms with van der Waals surface area (Å²) >= 11 is 0. The second-order valence-electron chi connectivity index (χ2n) is 7.41. The Bertz CT molecular complexity index is 867. The summed E-state index contributed by atoms with van der Waals surface area (Å²) in [7, 11) is 0. The van der Waals surface area contributed by atoms with E-state index in [1.54, 1.807) is 10.9 Å². The first kappa shape index (κ1) is 18.4. The number of amides is 1. The van der Waals surface area contributed by atoms with Gasteiger partial charge in [-0.05, 0) is 67.7 Å². The first-order valence-electron chi connectivity index (χ1n) is 9.92. The van der Waals surface area contributed by atoms with Gasteiger partial charge in [-0.2, -0.15) is 5.10 Å². The van der Waals surface area contributed by atoms with Gasteiger partial charge >= 0.3 is 0 Å². The van der Waals surface area contributed by atoms with Gasteiger partial charge in [-0.15, -0.1) is 0 Å². The lowest BCUT2D eigenvalue weighted by Gasteiger charge is -2.32. The third-order valence-electron chi connectivity index (χ3n) is 5.41. The summed E-state index contributed by atoms with van der Waals surface area (Å²) in [6.07, 6.45) is 5.89. The molecule has 0 aliphatic carbocycles. The van der Waals surface area contributed by atoms with E-state index in [4.69, 9.17) is 0 Å². The quantitative estimate of drug-likeness (QED) is 0.718. The van der Waals surface area contributed by atoms with Crippen molar-refractivity contribution in [2.45, 2.75) is 19.4 Å². The summed E-state index contributed by atoms with van der Waals surface area (Å²) in [6, 6.07) is 20.1. The van der Waals surface area contributed by atoms with Crippen LogP contribution < -0.4 is 5.32 Å². The summed E-state index contributed by atoms with van der Waals surface area (Å²) in [5.74, 6) is 0.554. The van der Waals surface area contributed by atoms with Crippen molar-refractivity contribution in [3.05, 3.63) is 84.2 Å². The zero-order valence-electron chi connectivity index (χ0n) is 16.0. The van der Waals surface area contributed by atoms with Crippen LogP contribution in [0.2, 0.25) is 0 Å². The Morgan fingerprint density at radius 2 is 1.75 bits per heavy atom. The number of benzene rings is 2. The maximum absolute atomic E-state index is 12.4. The van der Waals surface area contributed by atoms with E-state index in [9.17, 15) is 4.79 Å². The lowest BCUT2D eigenvalue weighted by molar-refractivity contribution is 0.0935. The summed E-state index contributed by atoms with van der Waals surface area (Å²) in [5, 5.41) is 7.31. The smallest absolute Gasteiger partial charge is 0.251 e. The molecule has 3 aromatic rings. The fourth-order valence-electron chi connectivity index (χ4n) is 3.72. The van der Waals surface area contributed by atoms with Gasteiger partial charge in [0, 0.05) is 31.0 Å². The van der Waals surface area contributed by atoms with E-state index in [0.717, 1.165) is 44.7 Å². The van der Waals surface area contributed by atoms with Crippen LogP contribution in [0.25, 0.3) is 5.69 Å². The maximum atomic E-state index is 12.4. The summed E-state index contributed by atoms with van der Waals surface area (Å²) < 4.78 is 1.78. The molecule has 1 saturated heterocycles. The topological polar surface area (TPSA) is 50.2 Å². The van der Waals surface area contributed by atoms with Crippen LogP contribution in [0.3, 0.4) is 0 Å². The Hall–Kier alpha value is -2.92. The van der Waals surface area contributed by atoms with Crippen molar-refractivity contribution in [1.29, 1.82) is 0 Å². The number of nitrogens with zero attached hydrogens (tertiary/aromatic N) is 3. The SMILES string of the molecule is O=C(NCC1CCN(Cc2ccccc2)CC1)c1ccc(-n2cccn2)cc1. The fraction of sp³-hybridized carbons (Fsp3) is 0.304. The zero-order valence-corrected chi connectivity index (χ0v) is 16.0. The first-order valence-corrected chi connectivity index (χ1v) is 9.92. The highest BCUT2D eigenvalue weighted by Crippen LogP contribution is 2.18. The molecule has 144 valence electrons. The lowest BCUT2D eigenvalue weighted by atomic mass is 9.96. The fourth-order valence-corrected chi connectivity index (χ4v) is 3.72. The predicted octanol–water partition coefficient (Wildman–Crippen LogP) is 3.51. The molecule has 28 heavy (non-hydrogen) atoms. The number of nitrogens with one attached hydrogen (secondary N) is 1. The van der Waals surface area contributed by atoms with Gasteiger partial charge in [0.05, 0.1) is 5.69 Å². The van der Waals surface area contributed by atoms with Crippen LogP contribution in [0.4, 0.5) is 0 Å². The number of aromatic nitrogens is 2. The number of rotatable bonds is 6. The van der Waals surface area contributed by atoms with Crippen molar-refractivity contribution < 1.29 is 4.79 Å². The number of likely N-dealkylation sites (tertiary alicyclic amines) is 1. The third-order valence-corrected chi connectivity index (χ3v) is 5.41. The van der Waals surface area contributed by atoms with E-state index in [-0.39, 0.29) is 5.91 Å². The molecular formula is C23H26N4O. The maximum Gasteiger partial charge on any atom is 0.251 e. The van der Waals surface area contributed by atoms with E-state index < -0.39 is 0 Å². The summed E-state index contributed by atoms with van der Waals surface area (Å²) in [5.41, 5.74) is 3.01. The van der Waals surface area contributed by atoms with Crippen LogP contribution in [-0.4, -0.2) is 40.2 Å². The van der Waals surface area contributed by atoms with Gasteiger partial charge in [0.1, 0.15) is 0 Å². The molecule has 1 aromatic heterocycles. The minimum absolute atomic E-state index is 0.00118. The van der Waals surface area contributed by atoms with Crippen molar-refractivity contribution in [3.8, 4) is 5.69 Å². The third kappa shape index (κ3) is 4.67. The van der Waals surface area contributed by atoms with E-state index in [1.807, 2.05) is 36.5 Å². The van der Waals surface area contributed by atoms with Crippen LogP contribution >= 0.6 is 0 Å². The number of hydrogen-bond donors (Lipinski definition) is 1. The van der Waals surface area contributed by atoms with Gasteiger partial charge in [-0.1, -0.05) is 30.3 Å². The van der Waals surface area contributed by atoms with Gasteiger partial charge in [-0.3, -0.25) is 9.69 Å². The molecular weight excluding hydrogens is 348 g/mol. The Morgan fingerprint density at radius 3 is 2.43 bits per heavy atom. The molecule has 1 aliphatic rings. The molecule has 0 saturated carbocycles. The molecule has 0 bridgehead atoms. The Morgan fingerprint density at radius 1 is 1.00 bits per heavy atom. The van der Waals surface area contributed by atoms with E-state index in [1.165, 1.54) is 5.56 Å². The molecule has 5 heteroatoms. The largest absolute Gasteiger partial charge is 0.352 e. The highest BCUT2D eigenvalue weighted by atomic mass is 16.1. The second-order valence-corrected chi connectivity index (χ2v) is 7.41. The number of carbonyl (C=O) groups excluding carboxylic acids is 1. The minimum atomic E-state index is -0.00118. The molecule has 1 N–H and O–H groups in total. The highest BCUT2D eigenvalue weighted by molar-refractivity contribution is 5.94. The van der Waals surface area contributed by atoms with Gasteiger partial charge in [-0.25, -0.2) is 4.68 Å². The number of piperidine rings is 1. The number of hydrogen-bond acceptors (Lipinski definition) is 3. The van der Waals surface area contributed by atoms with Crippen LogP contribution in [-0.2, 0) is 6.54 Å². The Balaban J connectivity index is 1.22. The standard InChI is InChI=1S/C23H26N4O/c28-23(21-7-9-22(10-8-21)27-14-4-13-25-27)24-17-19-11-15-26(16-12-19)18-20-5-2-1-3-6-20/h1-10,13-14,19H,11-12,15-18H2,(H,24,28). The molecule has 0 unspecified atom stereocenters.